The van der Waals surface area contributed by atoms with E-state index >= 15 is 0 Å². The molecule has 0 aliphatic carbocycles. The second-order valence-electron chi connectivity index (χ2n) is 11.7. The molecule has 5 heteroatoms. The fourth-order valence-electron chi connectivity index (χ4n) is 5.20. The van der Waals surface area contributed by atoms with Crippen LogP contribution >= 0.6 is 0 Å². The van der Waals surface area contributed by atoms with Crippen LogP contribution in [0.5, 0.6) is 11.5 Å². The van der Waals surface area contributed by atoms with Gasteiger partial charge in [0.05, 0.1) is 22.8 Å². The SMILES string of the molecule is CCCC=CC(=Nc1ccccc1)C(CCCCC)=Nc1ccccc1.CCCCCc1cc(CCC)c(CCC)c([O-])c1[O-].[Ni+2]. The molecule has 0 N–H and O–H groups in total. The van der Waals surface area contributed by atoms with Gasteiger partial charge in [-0.15, -0.1) is 11.5 Å². The number of aryl methyl sites for hydroxylation is 2. The van der Waals surface area contributed by atoms with Gasteiger partial charge in [0.25, 0.3) is 0 Å². The number of unbranched alkanes of at least 4 members (excludes halogenated alkanes) is 5. The molecule has 0 aromatic heterocycles. The van der Waals surface area contributed by atoms with Gasteiger partial charge in [-0.05, 0) is 80.9 Å². The summed E-state index contributed by atoms with van der Waals surface area (Å²) >= 11 is 0. The minimum absolute atomic E-state index is 0. The Kier molecular flexibility index (Phi) is 22.2. The van der Waals surface area contributed by atoms with Crippen molar-refractivity contribution in [2.75, 3.05) is 0 Å². The van der Waals surface area contributed by atoms with Crippen LogP contribution in [-0.4, -0.2) is 11.4 Å². The second kappa shape index (κ2) is 25.0. The van der Waals surface area contributed by atoms with E-state index in [2.05, 4.69) is 58.9 Å². The van der Waals surface area contributed by atoms with Crippen molar-refractivity contribution in [3.05, 3.63) is 95.6 Å². The van der Waals surface area contributed by atoms with E-state index < -0.39 is 0 Å². The molecule has 3 aromatic carbocycles. The van der Waals surface area contributed by atoms with Gasteiger partial charge < -0.3 is 10.2 Å². The summed E-state index contributed by atoms with van der Waals surface area (Å²) in [5.74, 6) is -0.487. The van der Waals surface area contributed by atoms with Gasteiger partial charge in [0.1, 0.15) is 0 Å². The molecular formula is C41H56N2NiO2. The van der Waals surface area contributed by atoms with Gasteiger partial charge in [-0.1, -0.05) is 139 Å². The summed E-state index contributed by atoms with van der Waals surface area (Å²) in [6.07, 6.45) is 18.6. The molecule has 0 radical (unpaired) electrons. The van der Waals surface area contributed by atoms with Gasteiger partial charge >= 0.3 is 16.5 Å². The van der Waals surface area contributed by atoms with E-state index in [1.807, 2.05) is 54.6 Å². The summed E-state index contributed by atoms with van der Waals surface area (Å²) in [6, 6.07) is 22.3. The van der Waals surface area contributed by atoms with Crippen molar-refractivity contribution < 1.29 is 26.7 Å². The average molecular weight is 668 g/mol. The molecule has 252 valence electrons. The number of hydrogen-bond acceptors (Lipinski definition) is 4. The predicted molar refractivity (Wildman–Crippen MR) is 192 cm³/mol. The molecule has 0 spiro atoms. The molecule has 0 unspecified atom stereocenters. The molecule has 0 bridgehead atoms. The third kappa shape index (κ3) is 14.9. The Bertz CT molecular complexity index is 1320. The smallest absolute Gasteiger partial charge is 0.873 e. The molecule has 3 aromatic rings. The van der Waals surface area contributed by atoms with Gasteiger partial charge in [-0.2, -0.15) is 0 Å². The van der Waals surface area contributed by atoms with Crippen LogP contribution in [0, 0.1) is 0 Å². The average Bonchev–Trinajstić information content (AvgIpc) is 3.06. The van der Waals surface area contributed by atoms with Crippen molar-refractivity contribution in [2.45, 2.75) is 125 Å². The van der Waals surface area contributed by atoms with Crippen LogP contribution in [0.15, 0.2) is 88.9 Å². The van der Waals surface area contributed by atoms with Crippen LogP contribution in [0.25, 0.3) is 0 Å². The number of benzene rings is 3. The molecule has 46 heavy (non-hydrogen) atoms. The maximum absolute atomic E-state index is 12.2. The Morgan fingerprint density at radius 3 is 1.76 bits per heavy atom. The summed E-state index contributed by atoms with van der Waals surface area (Å²) in [7, 11) is 0. The fourth-order valence-corrected chi connectivity index (χ4v) is 5.20. The topological polar surface area (TPSA) is 70.8 Å². The number of hydrogen-bond donors (Lipinski definition) is 0. The van der Waals surface area contributed by atoms with Gasteiger partial charge in [0.15, 0.2) is 0 Å². The van der Waals surface area contributed by atoms with Gasteiger partial charge in [0, 0.05) is 0 Å². The fraction of sp³-hybridized carbons (Fsp3) is 0.463. The first-order chi connectivity index (χ1) is 22.0. The van der Waals surface area contributed by atoms with Crippen LogP contribution in [0.2, 0.25) is 0 Å². The predicted octanol–water partition coefficient (Wildman–Crippen LogP) is 10.9. The third-order valence-corrected chi connectivity index (χ3v) is 7.65. The van der Waals surface area contributed by atoms with Gasteiger partial charge in [-0.25, -0.2) is 4.99 Å². The molecule has 0 aliphatic heterocycles. The molecule has 0 heterocycles. The summed E-state index contributed by atoms with van der Waals surface area (Å²) in [5, 5.41) is 24.3. The molecule has 4 nitrogen and oxygen atoms in total. The van der Waals surface area contributed by atoms with Crippen LogP contribution in [0.3, 0.4) is 0 Å². The van der Waals surface area contributed by atoms with E-state index in [9.17, 15) is 10.2 Å². The monoisotopic (exact) mass is 666 g/mol. The van der Waals surface area contributed by atoms with E-state index in [-0.39, 0.29) is 28.0 Å². The van der Waals surface area contributed by atoms with Crippen LogP contribution < -0.4 is 10.2 Å². The summed E-state index contributed by atoms with van der Waals surface area (Å²) in [4.78, 5) is 9.84. The summed E-state index contributed by atoms with van der Waals surface area (Å²) in [5.41, 5.74) is 6.63. The molecular weight excluding hydrogens is 611 g/mol. The summed E-state index contributed by atoms with van der Waals surface area (Å²) in [6.45, 7) is 10.7. The third-order valence-electron chi connectivity index (χ3n) is 7.65. The van der Waals surface area contributed by atoms with Gasteiger partial charge in [0.2, 0.25) is 0 Å². The van der Waals surface area contributed by atoms with Crippen LogP contribution in [0.1, 0.15) is 122 Å². The van der Waals surface area contributed by atoms with E-state index in [1.165, 1.54) is 12.8 Å². The van der Waals surface area contributed by atoms with Crippen LogP contribution in [-0.2, 0) is 35.8 Å². The quantitative estimate of drug-likeness (QED) is 0.0769. The zero-order valence-corrected chi connectivity index (χ0v) is 29.9. The Labute approximate surface area is 290 Å². The maximum atomic E-state index is 12.2. The molecule has 0 amide bonds. The van der Waals surface area contributed by atoms with Crippen molar-refractivity contribution in [3.63, 3.8) is 0 Å². The van der Waals surface area contributed by atoms with E-state index in [0.717, 1.165) is 117 Å². The minimum atomic E-state index is -0.251. The normalized spacial score (nSPS) is 11.7. The number of allylic oxidation sites excluding steroid dienone is 2. The number of para-hydroxylation sites is 2. The number of nitrogens with zero attached hydrogens (tertiary/aromatic N) is 2. The number of aliphatic imine (C=N–C) groups is 2. The Morgan fingerprint density at radius 1 is 0.609 bits per heavy atom. The Balaban J connectivity index is 0.000000472. The maximum Gasteiger partial charge on any atom is 2.00 e. The van der Waals surface area contributed by atoms with Crippen molar-refractivity contribution in [2.24, 2.45) is 9.98 Å². The molecule has 0 saturated heterocycles. The second-order valence-corrected chi connectivity index (χ2v) is 11.7. The van der Waals surface area contributed by atoms with Crippen molar-refractivity contribution in [1.29, 1.82) is 0 Å². The molecule has 0 atom stereocenters. The molecule has 0 saturated carbocycles. The van der Waals surface area contributed by atoms with Crippen molar-refractivity contribution >= 4 is 22.8 Å². The molecule has 0 fully saturated rings. The molecule has 3 rings (SSSR count). The Hall–Kier alpha value is -3.17. The van der Waals surface area contributed by atoms with Gasteiger partial charge in [-0.3, -0.25) is 4.99 Å². The largest absolute Gasteiger partial charge is 2.00 e. The van der Waals surface area contributed by atoms with Crippen molar-refractivity contribution in [1.82, 2.24) is 0 Å². The zero-order chi connectivity index (χ0) is 32.7. The van der Waals surface area contributed by atoms with Crippen LogP contribution in [0.4, 0.5) is 11.4 Å². The minimum Gasteiger partial charge on any atom is -0.873 e. The Morgan fingerprint density at radius 2 is 1.20 bits per heavy atom. The molecule has 0 aliphatic rings. The first-order valence-electron chi connectivity index (χ1n) is 17.4. The van der Waals surface area contributed by atoms with Crippen molar-refractivity contribution in [3.8, 4) is 11.5 Å². The summed E-state index contributed by atoms with van der Waals surface area (Å²) < 4.78 is 0. The first-order valence-corrected chi connectivity index (χ1v) is 17.4. The standard InChI is InChI=1S/C24H30N2.C17H28O2.Ni/c1-3-5-9-19-23(25-21-15-11-7-12-16-21)24(20-10-6-4-2)26-22-17-13-8-14-18-22;1-4-7-8-11-14-12-13(9-5-2)15(10-6-3)17(19)16(14)18;/h7-9,11-19H,3-6,10,20H2,1-2H3;12,18-19H,4-11H2,1-3H3;/q;;+2/p-2. The zero-order valence-electron chi connectivity index (χ0n) is 28.9. The number of rotatable bonds is 18. The van der Waals surface area contributed by atoms with E-state index in [0.29, 0.717) is 0 Å². The van der Waals surface area contributed by atoms with E-state index in [1.54, 1.807) is 0 Å². The van der Waals surface area contributed by atoms with E-state index in [4.69, 9.17) is 9.98 Å². The first kappa shape index (κ1) is 40.9.